The maximum Gasteiger partial charge on any atom is -0.00368 e. The summed E-state index contributed by atoms with van der Waals surface area (Å²) < 4.78 is 0. The molecular weight excluding hydrogens is 343 g/mol. The predicted molar refractivity (Wildman–Crippen MR) is 119 cm³/mol. The maximum absolute atomic E-state index is 2.71. The summed E-state index contributed by atoms with van der Waals surface area (Å²) in [5, 5.41) is 3.42. The third-order valence-corrected chi connectivity index (χ3v) is 11.8. The van der Waals surface area contributed by atoms with E-state index in [4.69, 9.17) is 0 Å². The van der Waals surface area contributed by atoms with Gasteiger partial charge in [-0.25, -0.2) is 0 Å². The van der Waals surface area contributed by atoms with Gasteiger partial charge in [-0.3, -0.25) is 0 Å². The molecule has 0 nitrogen and oxygen atoms in total. The van der Waals surface area contributed by atoms with Crippen LogP contribution in [0.15, 0.2) is 41.7 Å². The van der Waals surface area contributed by atoms with Gasteiger partial charge in [0.25, 0.3) is 0 Å². The third-order valence-electron chi connectivity index (χ3n) is 9.26. The monoisotopic (exact) mass is 380 g/mol. The quantitative estimate of drug-likeness (QED) is 0.476. The summed E-state index contributed by atoms with van der Waals surface area (Å²) in [4.78, 5) is 0. The number of benzene rings is 1. The van der Waals surface area contributed by atoms with Crippen LogP contribution in [-0.2, 0) is 0 Å². The van der Waals surface area contributed by atoms with Crippen molar-refractivity contribution < 1.29 is 0 Å². The Morgan fingerprint density at radius 2 is 1.70 bits per heavy atom. The van der Waals surface area contributed by atoms with Gasteiger partial charge in [0.15, 0.2) is 0 Å². The van der Waals surface area contributed by atoms with Crippen LogP contribution in [0.1, 0.15) is 65.2 Å². The van der Waals surface area contributed by atoms with Crippen LogP contribution in [0.4, 0.5) is 0 Å². The first kappa shape index (κ1) is 18.4. The minimum atomic E-state index is -0.154. The van der Waals surface area contributed by atoms with Crippen LogP contribution < -0.4 is 5.30 Å². The fourth-order valence-corrected chi connectivity index (χ4v) is 10.3. The van der Waals surface area contributed by atoms with Gasteiger partial charge in [0, 0.05) is 0 Å². The summed E-state index contributed by atoms with van der Waals surface area (Å²) in [6, 6.07) is 11.3. The molecule has 5 rings (SSSR count). The van der Waals surface area contributed by atoms with E-state index in [-0.39, 0.29) is 7.92 Å². The molecule has 8 unspecified atom stereocenters. The zero-order valence-corrected chi connectivity index (χ0v) is 18.4. The van der Waals surface area contributed by atoms with Crippen LogP contribution in [0.2, 0.25) is 0 Å². The number of allylic oxidation sites excluding steroid dienone is 2. The van der Waals surface area contributed by atoms with Crippen LogP contribution in [0.25, 0.3) is 0 Å². The summed E-state index contributed by atoms with van der Waals surface area (Å²) in [5.41, 5.74) is 0.492. The Hall–Kier alpha value is -0.610. The molecule has 0 bridgehead atoms. The molecule has 1 heteroatoms. The Morgan fingerprint density at radius 3 is 2.52 bits per heavy atom. The molecule has 0 spiro atoms. The van der Waals surface area contributed by atoms with Gasteiger partial charge in [0.05, 0.1) is 0 Å². The highest BCUT2D eigenvalue weighted by Gasteiger charge is 2.55. The highest BCUT2D eigenvalue weighted by atomic mass is 31.1. The minimum Gasteiger partial charge on any atom is -0.0796 e. The molecule has 1 aromatic rings. The van der Waals surface area contributed by atoms with E-state index in [2.05, 4.69) is 56.9 Å². The largest absolute Gasteiger partial charge is 0.0796 e. The standard InChI is InChI=1S/C26H37P/c1-18-9-11-21-19(17-18)10-12-23-22(21)15-16-26(2)24(23)13-14-25(26)27(3)20-7-5-4-6-8-20/h4-8,14,18-19,21-24H,9-13,15-17H2,1-3H3. The van der Waals surface area contributed by atoms with Crippen LogP contribution in [0.5, 0.6) is 0 Å². The van der Waals surface area contributed by atoms with Crippen molar-refractivity contribution >= 4 is 13.2 Å². The van der Waals surface area contributed by atoms with Crippen LogP contribution in [0, 0.1) is 40.9 Å². The zero-order chi connectivity index (χ0) is 18.6. The minimum absolute atomic E-state index is 0.154. The van der Waals surface area contributed by atoms with Crippen molar-refractivity contribution in [1.82, 2.24) is 0 Å². The Morgan fingerprint density at radius 1 is 0.926 bits per heavy atom. The molecule has 4 aliphatic rings. The number of hydrogen-bond acceptors (Lipinski definition) is 0. The van der Waals surface area contributed by atoms with Crippen molar-refractivity contribution in [2.24, 2.45) is 40.9 Å². The van der Waals surface area contributed by atoms with E-state index >= 15 is 0 Å². The summed E-state index contributed by atoms with van der Waals surface area (Å²) in [7, 11) is -0.154. The van der Waals surface area contributed by atoms with E-state index < -0.39 is 0 Å². The first-order chi connectivity index (χ1) is 13.1. The number of rotatable bonds is 2. The molecule has 0 N–H and O–H groups in total. The molecule has 4 aliphatic carbocycles. The van der Waals surface area contributed by atoms with Gasteiger partial charge >= 0.3 is 0 Å². The Labute approximate surface area is 168 Å². The molecule has 0 amide bonds. The third kappa shape index (κ3) is 2.97. The molecule has 27 heavy (non-hydrogen) atoms. The van der Waals surface area contributed by atoms with Crippen molar-refractivity contribution in [3.63, 3.8) is 0 Å². The van der Waals surface area contributed by atoms with Gasteiger partial charge in [-0.15, -0.1) is 0 Å². The number of fused-ring (bicyclic) bond motifs is 5. The normalized spacial score (nSPS) is 44.6. The summed E-state index contributed by atoms with van der Waals surface area (Å²) in [6.45, 7) is 7.68. The van der Waals surface area contributed by atoms with Gasteiger partial charge in [-0.2, -0.15) is 0 Å². The van der Waals surface area contributed by atoms with E-state index in [0.29, 0.717) is 5.41 Å². The lowest BCUT2D eigenvalue weighted by Gasteiger charge is -2.56. The van der Waals surface area contributed by atoms with E-state index in [9.17, 15) is 0 Å². The second kappa shape index (κ2) is 7.02. The smallest absolute Gasteiger partial charge is 0.00368 e. The Bertz CT molecular complexity index is 706. The highest BCUT2D eigenvalue weighted by molar-refractivity contribution is 7.69. The fraction of sp³-hybridized carbons (Fsp3) is 0.692. The van der Waals surface area contributed by atoms with Crippen molar-refractivity contribution in [1.29, 1.82) is 0 Å². The molecule has 1 aromatic carbocycles. The number of hydrogen-bond donors (Lipinski definition) is 0. The average molecular weight is 381 g/mol. The second-order valence-electron chi connectivity index (χ2n) is 10.5. The van der Waals surface area contributed by atoms with Gasteiger partial charge < -0.3 is 0 Å². The molecule has 3 saturated carbocycles. The van der Waals surface area contributed by atoms with E-state index in [1.807, 2.05) is 5.31 Å². The van der Waals surface area contributed by atoms with Crippen LogP contribution >= 0.6 is 7.92 Å². The lowest BCUT2D eigenvalue weighted by molar-refractivity contribution is -0.0476. The zero-order valence-electron chi connectivity index (χ0n) is 17.5. The van der Waals surface area contributed by atoms with Gasteiger partial charge in [-0.05, 0) is 103 Å². The summed E-state index contributed by atoms with van der Waals surface area (Å²) in [5.74, 6) is 6.16. The molecule has 8 atom stereocenters. The van der Waals surface area contributed by atoms with E-state index in [1.54, 1.807) is 11.7 Å². The second-order valence-corrected chi connectivity index (χ2v) is 12.6. The lowest BCUT2D eigenvalue weighted by atomic mass is 9.50. The lowest BCUT2D eigenvalue weighted by Crippen LogP contribution is -2.47. The molecule has 0 aromatic heterocycles. The van der Waals surface area contributed by atoms with Crippen molar-refractivity contribution in [2.75, 3.05) is 6.66 Å². The van der Waals surface area contributed by atoms with Gasteiger partial charge in [0.2, 0.25) is 0 Å². The first-order valence-electron chi connectivity index (χ1n) is 11.6. The van der Waals surface area contributed by atoms with Gasteiger partial charge in [-0.1, -0.05) is 64.6 Å². The van der Waals surface area contributed by atoms with Gasteiger partial charge in [0.1, 0.15) is 0 Å². The highest BCUT2D eigenvalue weighted by Crippen LogP contribution is 2.67. The molecule has 0 heterocycles. The topological polar surface area (TPSA) is 0 Å². The Kier molecular flexibility index (Phi) is 4.79. The Balaban J connectivity index is 1.38. The van der Waals surface area contributed by atoms with Crippen molar-refractivity contribution in [3.05, 3.63) is 41.7 Å². The summed E-state index contributed by atoms with van der Waals surface area (Å²) in [6.07, 6.45) is 14.7. The fourth-order valence-electron chi connectivity index (χ4n) is 7.94. The molecule has 0 saturated heterocycles. The molecule has 0 aliphatic heterocycles. The first-order valence-corrected chi connectivity index (χ1v) is 13.4. The molecule has 0 radical (unpaired) electrons. The van der Waals surface area contributed by atoms with Crippen LogP contribution in [0.3, 0.4) is 0 Å². The predicted octanol–water partition coefficient (Wildman–Crippen LogP) is 7.21. The van der Waals surface area contributed by atoms with Crippen LogP contribution in [-0.4, -0.2) is 6.66 Å². The molecule has 146 valence electrons. The molecular formula is C26H37P. The summed E-state index contributed by atoms with van der Waals surface area (Å²) >= 11 is 0. The van der Waals surface area contributed by atoms with Crippen molar-refractivity contribution in [3.8, 4) is 0 Å². The molecule has 3 fully saturated rings. The van der Waals surface area contributed by atoms with E-state index in [1.165, 1.54) is 44.9 Å². The van der Waals surface area contributed by atoms with Crippen molar-refractivity contribution in [2.45, 2.75) is 65.2 Å². The average Bonchev–Trinajstić information content (AvgIpc) is 3.05. The van der Waals surface area contributed by atoms with E-state index in [0.717, 1.165) is 35.5 Å². The maximum atomic E-state index is 2.71. The SMILES string of the molecule is CC1CCC2C(CCC3C2CCC2(C)C(P(C)c4ccccc4)=CCC32)C1.